The molecule has 2 aromatic carbocycles. The summed E-state index contributed by atoms with van der Waals surface area (Å²) in [6, 6.07) is 15.8. The number of hydrogen-bond acceptors (Lipinski definition) is 2. The second kappa shape index (κ2) is 8.05. The largest absolute Gasteiger partial charge is 0.339 e. The normalized spacial score (nSPS) is 17.3. The molecule has 0 saturated carbocycles. The monoisotopic (exact) mass is 377 g/mol. The first-order chi connectivity index (χ1) is 13.6. The fraction of sp³-hybridized carbons (Fsp3) is 0.391. The van der Waals surface area contributed by atoms with E-state index in [1.165, 1.54) is 5.56 Å². The first-order valence-corrected chi connectivity index (χ1v) is 10.1. The van der Waals surface area contributed by atoms with Crippen molar-refractivity contribution in [3.05, 3.63) is 65.2 Å². The van der Waals surface area contributed by atoms with Crippen LogP contribution in [0.5, 0.6) is 0 Å². The SMILES string of the molecule is Cc1cccc(CN2CCCN(c3ccc(C(=O)N4CCCC4)cc3)C2=O)c1. The van der Waals surface area contributed by atoms with Crippen molar-refractivity contribution in [3.63, 3.8) is 0 Å². The molecule has 28 heavy (non-hydrogen) atoms. The fourth-order valence-corrected chi connectivity index (χ4v) is 4.09. The summed E-state index contributed by atoms with van der Waals surface area (Å²) in [6.07, 6.45) is 3.11. The zero-order chi connectivity index (χ0) is 19.5. The maximum Gasteiger partial charge on any atom is 0.324 e. The van der Waals surface area contributed by atoms with Crippen LogP contribution in [0.3, 0.4) is 0 Å². The van der Waals surface area contributed by atoms with Crippen molar-refractivity contribution in [2.24, 2.45) is 0 Å². The van der Waals surface area contributed by atoms with Crippen LogP contribution >= 0.6 is 0 Å². The number of carbonyl (C=O) groups is 2. The van der Waals surface area contributed by atoms with Crippen LogP contribution in [0.4, 0.5) is 10.5 Å². The molecule has 2 aliphatic heterocycles. The molecule has 0 N–H and O–H groups in total. The summed E-state index contributed by atoms with van der Waals surface area (Å²) in [4.78, 5) is 31.2. The van der Waals surface area contributed by atoms with Crippen molar-refractivity contribution in [2.45, 2.75) is 32.7 Å². The van der Waals surface area contributed by atoms with Gasteiger partial charge in [0.05, 0.1) is 0 Å². The van der Waals surface area contributed by atoms with Gasteiger partial charge in [0.1, 0.15) is 0 Å². The Kier molecular flexibility index (Phi) is 5.33. The molecule has 2 saturated heterocycles. The van der Waals surface area contributed by atoms with Gasteiger partial charge in [-0.2, -0.15) is 0 Å². The van der Waals surface area contributed by atoms with Gasteiger partial charge in [-0.05, 0) is 56.0 Å². The Bertz CT molecular complexity index is 856. The van der Waals surface area contributed by atoms with E-state index in [4.69, 9.17) is 0 Å². The zero-order valence-corrected chi connectivity index (χ0v) is 16.4. The molecule has 0 aromatic heterocycles. The van der Waals surface area contributed by atoms with Crippen molar-refractivity contribution >= 4 is 17.6 Å². The Labute approximate surface area is 166 Å². The molecule has 0 radical (unpaired) electrons. The first-order valence-electron chi connectivity index (χ1n) is 10.1. The Hall–Kier alpha value is -2.82. The van der Waals surface area contributed by atoms with E-state index >= 15 is 0 Å². The van der Waals surface area contributed by atoms with Crippen LogP contribution in [-0.2, 0) is 6.54 Å². The summed E-state index contributed by atoms with van der Waals surface area (Å²) >= 11 is 0. The number of urea groups is 1. The van der Waals surface area contributed by atoms with Gasteiger partial charge in [0, 0.05) is 44.0 Å². The topological polar surface area (TPSA) is 43.9 Å². The fourth-order valence-electron chi connectivity index (χ4n) is 4.09. The second-order valence-electron chi connectivity index (χ2n) is 7.74. The summed E-state index contributed by atoms with van der Waals surface area (Å²) in [5.74, 6) is 0.0927. The van der Waals surface area contributed by atoms with Gasteiger partial charge in [-0.3, -0.25) is 9.69 Å². The number of nitrogens with zero attached hydrogens (tertiary/aromatic N) is 3. The third-order valence-corrected chi connectivity index (χ3v) is 5.59. The molecular formula is C23H27N3O2. The molecule has 0 atom stereocenters. The quantitative estimate of drug-likeness (QED) is 0.806. The van der Waals surface area contributed by atoms with E-state index in [1.807, 2.05) is 45.0 Å². The molecule has 0 spiro atoms. The minimum Gasteiger partial charge on any atom is -0.339 e. The summed E-state index contributed by atoms with van der Waals surface area (Å²) in [5.41, 5.74) is 3.92. The van der Waals surface area contributed by atoms with Crippen LogP contribution < -0.4 is 4.90 Å². The predicted octanol–water partition coefficient (Wildman–Crippen LogP) is 4.06. The summed E-state index contributed by atoms with van der Waals surface area (Å²) in [7, 11) is 0. The Balaban J connectivity index is 1.46. The van der Waals surface area contributed by atoms with Crippen LogP contribution in [0, 0.1) is 6.92 Å². The molecule has 0 aliphatic carbocycles. The number of carbonyl (C=O) groups excluding carboxylic acids is 2. The lowest BCUT2D eigenvalue weighted by Gasteiger charge is -2.35. The van der Waals surface area contributed by atoms with Crippen LogP contribution in [0.1, 0.15) is 40.7 Å². The Morgan fingerprint density at radius 2 is 1.68 bits per heavy atom. The van der Waals surface area contributed by atoms with Crippen LogP contribution in [-0.4, -0.2) is 47.9 Å². The van der Waals surface area contributed by atoms with Gasteiger partial charge >= 0.3 is 6.03 Å². The highest BCUT2D eigenvalue weighted by atomic mass is 16.2. The smallest absolute Gasteiger partial charge is 0.324 e. The summed E-state index contributed by atoms with van der Waals surface area (Å²) in [5, 5.41) is 0. The van der Waals surface area contributed by atoms with Crippen LogP contribution in [0.25, 0.3) is 0 Å². The minimum absolute atomic E-state index is 0.0337. The number of rotatable bonds is 4. The van der Waals surface area contributed by atoms with Gasteiger partial charge in [0.2, 0.25) is 0 Å². The lowest BCUT2D eigenvalue weighted by molar-refractivity contribution is 0.0793. The predicted molar refractivity (Wildman–Crippen MR) is 111 cm³/mol. The van der Waals surface area contributed by atoms with E-state index in [-0.39, 0.29) is 11.9 Å². The molecule has 0 unspecified atom stereocenters. The van der Waals surface area contributed by atoms with E-state index in [0.717, 1.165) is 50.1 Å². The molecule has 4 rings (SSSR count). The van der Waals surface area contributed by atoms with Gasteiger partial charge in [-0.1, -0.05) is 29.8 Å². The Morgan fingerprint density at radius 3 is 2.39 bits per heavy atom. The van der Waals surface area contributed by atoms with E-state index in [9.17, 15) is 9.59 Å². The minimum atomic E-state index is 0.0337. The maximum absolute atomic E-state index is 13.0. The third kappa shape index (κ3) is 3.88. The number of likely N-dealkylation sites (tertiary alicyclic amines) is 1. The molecular weight excluding hydrogens is 350 g/mol. The van der Waals surface area contributed by atoms with Gasteiger partial charge in [-0.15, -0.1) is 0 Å². The van der Waals surface area contributed by atoms with Gasteiger partial charge < -0.3 is 9.80 Å². The highest BCUT2D eigenvalue weighted by Crippen LogP contribution is 2.23. The molecule has 0 bridgehead atoms. The number of hydrogen-bond donors (Lipinski definition) is 0. The highest BCUT2D eigenvalue weighted by Gasteiger charge is 2.27. The molecule has 5 nitrogen and oxygen atoms in total. The molecule has 2 aromatic rings. The van der Waals surface area contributed by atoms with E-state index < -0.39 is 0 Å². The summed E-state index contributed by atoms with van der Waals surface area (Å²) in [6.45, 7) is 5.87. The van der Waals surface area contributed by atoms with E-state index in [0.29, 0.717) is 18.7 Å². The van der Waals surface area contributed by atoms with Gasteiger partial charge in [-0.25, -0.2) is 4.79 Å². The summed E-state index contributed by atoms with van der Waals surface area (Å²) < 4.78 is 0. The van der Waals surface area contributed by atoms with Crippen molar-refractivity contribution in [1.29, 1.82) is 0 Å². The number of benzene rings is 2. The molecule has 3 amide bonds. The molecule has 2 fully saturated rings. The second-order valence-corrected chi connectivity index (χ2v) is 7.74. The third-order valence-electron chi connectivity index (χ3n) is 5.59. The number of amides is 3. The number of aryl methyl sites for hydroxylation is 1. The van der Waals surface area contributed by atoms with Crippen LogP contribution in [0.15, 0.2) is 48.5 Å². The highest BCUT2D eigenvalue weighted by molar-refractivity contribution is 5.96. The van der Waals surface area contributed by atoms with Gasteiger partial charge in [0.15, 0.2) is 0 Å². The van der Waals surface area contributed by atoms with Crippen molar-refractivity contribution in [3.8, 4) is 0 Å². The molecule has 2 heterocycles. The lowest BCUT2D eigenvalue weighted by Crippen LogP contribution is -2.49. The average molecular weight is 377 g/mol. The lowest BCUT2D eigenvalue weighted by atomic mass is 10.1. The standard InChI is InChI=1S/C23H27N3O2/c1-18-6-4-7-19(16-18)17-25-14-5-15-26(23(25)28)21-10-8-20(9-11-21)22(27)24-12-2-3-13-24/h4,6-11,16H,2-3,5,12-15,17H2,1H3. The van der Waals surface area contributed by atoms with E-state index in [2.05, 4.69) is 25.1 Å². The van der Waals surface area contributed by atoms with Crippen molar-refractivity contribution in [2.75, 3.05) is 31.1 Å². The number of anilines is 1. The van der Waals surface area contributed by atoms with E-state index in [1.54, 1.807) is 0 Å². The molecule has 146 valence electrons. The Morgan fingerprint density at radius 1 is 0.929 bits per heavy atom. The first kappa shape index (κ1) is 18.5. The molecule has 5 heteroatoms. The van der Waals surface area contributed by atoms with Crippen molar-refractivity contribution in [1.82, 2.24) is 9.80 Å². The van der Waals surface area contributed by atoms with Crippen LogP contribution in [0.2, 0.25) is 0 Å². The maximum atomic E-state index is 13.0. The molecule has 2 aliphatic rings. The van der Waals surface area contributed by atoms with Crippen molar-refractivity contribution < 1.29 is 9.59 Å². The zero-order valence-electron chi connectivity index (χ0n) is 16.4. The van der Waals surface area contributed by atoms with Gasteiger partial charge in [0.25, 0.3) is 5.91 Å². The average Bonchev–Trinajstić information content (AvgIpc) is 3.24.